The molecule has 13 nitrogen and oxygen atoms in total. The van der Waals surface area contributed by atoms with E-state index in [0.29, 0.717) is 20.3 Å². The van der Waals surface area contributed by atoms with Gasteiger partial charge >= 0.3 is 162 Å². The van der Waals surface area contributed by atoms with E-state index < -0.39 is 51.0 Å². The molecule has 0 aromatic carbocycles. The van der Waals surface area contributed by atoms with E-state index in [0.717, 1.165) is 0 Å². The molecule has 3 aromatic heterocycles. The van der Waals surface area contributed by atoms with Gasteiger partial charge in [-0.05, 0) is 0 Å². The number of nitro groups is 1. The Morgan fingerprint density at radius 1 is 1.25 bits per heavy atom. The molecule has 0 aliphatic carbocycles. The van der Waals surface area contributed by atoms with Gasteiger partial charge in [-0.1, -0.05) is 0 Å². The number of aliphatic hydroxyl groups excluding tert-OH is 3. The van der Waals surface area contributed by atoms with Crippen molar-refractivity contribution in [1.82, 2.24) is 29.1 Å². The molecule has 4 unspecified atom stereocenters. The van der Waals surface area contributed by atoms with E-state index in [4.69, 9.17) is 4.74 Å². The van der Waals surface area contributed by atoms with Crippen LogP contribution in [0.4, 0.5) is 5.82 Å². The third kappa shape index (κ3) is 2.96. The molecule has 0 bridgehead atoms. The van der Waals surface area contributed by atoms with Crippen LogP contribution in [0.2, 0.25) is 0 Å². The summed E-state index contributed by atoms with van der Waals surface area (Å²) in [5, 5.41) is 40.7. The van der Waals surface area contributed by atoms with Crippen LogP contribution in [0.15, 0.2) is 19.0 Å². The molecule has 1 aliphatic heterocycles. The molecule has 3 aromatic rings. The molecule has 0 radical (unpaired) electrons. The summed E-state index contributed by atoms with van der Waals surface area (Å²) in [5.74, 6) is -0.239. The van der Waals surface area contributed by atoms with Crippen molar-refractivity contribution >= 4 is 41.1 Å². The summed E-state index contributed by atoms with van der Waals surface area (Å²) in [6.07, 6.45) is -0.408. The zero-order valence-corrected chi connectivity index (χ0v) is 16.1. The van der Waals surface area contributed by atoms with Crippen molar-refractivity contribution in [2.75, 3.05) is 6.61 Å². The molecule has 4 rings (SSSR count). The molecule has 0 saturated carbocycles. The van der Waals surface area contributed by atoms with Crippen molar-refractivity contribution < 1.29 is 25.0 Å². The molecule has 148 valence electrons. The van der Waals surface area contributed by atoms with Crippen LogP contribution >= 0.6 is 0 Å². The van der Waals surface area contributed by atoms with Crippen LogP contribution in [0, 0.1) is 10.1 Å². The van der Waals surface area contributed by atoms with E-state index in [2.05, 4.69) is 19.9 Å². The fraction of sp³-hybridized carbons (Fsp3) is 0.429. The van der Waals surface area contributed by atoms with E-state index in [1.54, 1.807) is 11.6 Å². The number of hydrogen-bond acceptors (Lipinski definition) is 10. The first-order valence-electron chi connectivity index (χ1n) is 8.06. The second-order valence-corrected chi connectivity index (χ2v) is 8.13. The second kappa shape index (κ2) is 7.16. The van der Waals surface area contributed by atoms with Crippen molar-refractivity contribution in [3.05, 3.63) is 29.1 Å². The summed E-state index contributed by atoms with van der Waals surface area (Å²) in [6.45, 7) is -0.450. The van der Waals surface area contributed by atoms with Crippen LogP contribution in [-0.2, 0) is 11.8 Å². The first-order chi connectivity index (χ1) is 13.4. The molecule has 1 aliphatic rings. The SMILES string of the molecule is Cn1cnc([N+](=O)[O-])c1[Se]c1ncnc2c1ncn2C1OC(CO)C(O)C1O. The Balaban J connectivity index is 1.72. The van der Waals surface area contributed by atoms with Crippen LogP contribution in [0.3, 0.4) is 0 Å². The first kappa shape index (κ1) is 18.9. The Morgan fingerprint density at radius 3 is 2.71 bits per heavy atom. The van der Waals surface area contributed by atoms with E-state index in [1.165, 1.54) is 23.5 Å². The van der Waals surface area contributed by atoms with Gasteiger partial charge in [-0.15, -0.1) is 0 Å². The monoisotopic (exact) mass is 457 g/mol. The van der Waals surface area contributed by atoms with Gasteiger partial charge in [0, 0.05) is 0 Å². The molecular formula is C14H15N7O6Se. The van der Waals surface area contributed by atoms with Gasteiger partial charge in [0.15, 0.2) is 0 Å². The number of rotatable bonds is 5. The molecule has 14 heteroatoms. The quantitative estimate of drug-likeness (QED) is 0.201. The Kier molecular flexibility index (Phi) is 4.82. The predicted molar refractivity (Wildman–Crippen MR) is 93.2 cm³/mol. The zero-order valence-electron chi connectivity index (χ0n) is 14.4. The molecule has 1 saturated heterocycles. The van der Waals surface area contributed by atoms with Gasteiger partial charge in [-0.3, -0.25) is 0 Å². The van der Waals surface area contributed by atoms with Gasteiger partial charge < -0.3 is 0 Å². The fourth-order valence-electron chi connectivity index (χ4n) is 2.94. The number of ether oxygens (including phenoxy) is 1. The fourth-order valence-corrected chi connectivity index (χ4v) is 4.90. The van der Waals surface area contributed by atoms with Gasteiger partial charge in [-0.2, -0.15) is 0 Å². The summed E-state index contributed by atoms with van der Waals surface area (Å²) in [5.41, 5.74) is 0.738. The summed E-state index contributed by atoms with van der Waals surface area (Å²) in [6, 6.07) is 0. The van der Waals surface area contributed by atoms with Crippen LogP contribution < -0.4 is 9.18 Å². The van der Waals surface area contributed by atoms with E-state index >= 15 is 0 Å². The standard InChI is InChI=1S/C14H15N7O6Se/c1-19-4-18-11(21(25)26)14(19)28-12-7-10(15-3-16-12)20(5-17-7)13-9(24)8(23)6(2-22)27-13/h3-6,8-9,13,22-24H,2H2,1H3. The number of nitrogens with zero attached hydrogens (tertiary/aromatic N) is 7. The summed E-state index contributed by atoms with van der Waals surface area (Å²) in [7, 11) is 1.66. The number of aryl methyl sites for hydroxylation is 1. The Morgan fingerprint density at radius 2 is 2.04 bits per heavy atom. The Bertz CT molecular complexity index is 1040. The number of aliphatic hydroxyl groups is 3. The maximum absolute atomic E-state index is 11.2. The molecule has 4 atom stereocenters. The summed E-state index contributed by atoms with van der Waals surface area (Å²) in [4.78, 5) is 27.1. The third-order valence-corrected chi connectivity index (χ3v) is 6.77. The first-order valence-corrected chi connectivity index (χ1v) is 9.77. The van der Waals surface area contributed by atoms with Crippen LogP contribution in [-0.4, -0.2) is 89.2 Å². The Hall–Kier alpha value is -2.48. The van der Waals surface area contributed by atoms with Crippen molar-refractivity contribution in [3.63, 3.8) is 0 Å². The van der Waals surface area contributed by atoms with Gasteiger partial charge in [0.1, 0.15) is 0 Å². The molecule has 3 N–H and O–H groups in total. The molecule has 28 heavy (non-hydrogen) atoms. The Labute approximate surface area is 163 Å². The van der Waals surface area contributed by atoms with E-state index in [1.807, 2.05) is 0 Å². The molecule has 4 heterocycles. The van der Waals surface area contributed by atoms with Crippen LogP contribution in [0.1, 0.15) is 6.23 Å². The number of fused-ring (bicyclic) bond motifs is 1. The number of hydrogen-bond donors (Lipinski definition) is 3. The predicted octanol–water partition coefficient (Wildman–Crippen LogP) is -3.27. The number of aromatic nitrogens is 6. The minimum atomic E-state index is -1.28. The summed E-state index contributed by atoms with van der Waals surface area (Å²) < 4.78 is 9.44. The van der Waals surface area contributed by atoms with Crippen LogP contribution in [0.25, 0.3) is 11.2 Å². The van der Waals surface area contributed by atoms with Gasteiger partial charge in [0.2, 0.25) is 0 Å². The van der Waals surface area contributed by atoms with Crippen molar-refractivity contribution in [2.24, 2.45) is 7.05 Å². The zero-order chi connectivity index (χ0) is 20.0. The normalized spacial score (nSPS) is 24.9. The average molecular weight is 456 g/mol. The minimum absolute atomic E-state index is 0.239. The summed E-state index contributed by atoms with van der Waals surface area (Å²) >= 11 is -0.587. The second-order valence-electron chi connectivity index (χ2n) is 6.08. The van der Waals surface area contributed by atoms with E-state index in [-0.39, 0.29) is 5.82 Å². The third-order valence-electron chi connectivity index (χ3n) is 4.35. The molecule has 1 fully saturated rings. The topological polar surface area (TPSA) is 174 Å². The van der Waals surface area contributed by atoms with Gasteiger partial charge in [0.05, 0.1) is 0 Å². The van der Waals surface area contributed by atoms with Crippen molar-refractivity contribution in [3.8, 4) is 0 Å². The molecule has 0 amide bonds. The molecule has 0 spiro atoms. The van der Waals surface area contributed by atoms with E-state index in [9.17, 15) is 25.4 Å². The number of imidazole rings is 2. The van der Waals surface area contributed by atoms with Crippen LogP contribution in [0.5, 0.6) is 0 Å². The van der Waals surface area contributed by atoms with Gasteiger partial charge in [-0.25, -0.2) is 0 Å². The average Bonchev–Trinajstić information content (AvgIpc) is 3.33. The van der Waals surface area contributed by atoms with Crippen molar-refractivity contribution in [2.45, 2.75) is 24.5 Å². The molecular weight excluding hydrogens is 441 g/mol. The van der Waals surface area contributed by atoms with Gasteiger partial charge in [0.25, 0.3) is 0 Å². The van der Waals surface area contributed by atoms with Crippen molar-refractivity contribution in [1.29, 1.82) is 0 Å². The maximum atomic E-state index is 11.2.